The molecule has 0 aromatic carbocycles. The van der Waals surface area contributed by atoms with Crippen molar-refractivity contribution in [1.82, 2.24) is 0 Å². The third-order valence-electron chi connectivity index (χ3n) is 0. The van der Waals surface area contributed by atoms with Gasteiger partial charge in [0.1, 0.15) is 0 Å². The molecule has 0 spiro atoms. The van der Waals surface area contributed by atoms with E-state index in [4.69, 9.17) is 15.1 Å². The van der Waals surface area contributed by atoms with E-state index in [0.29, 0.717) is 0 Å². The summed E-state index contributed by atoms with van der Waals surface area (Å²) in [5.74, 6) is 0. The minimum absolute atomic E-state index is 0. The van der Waals surface area contributed by atoms with Gasteiger partial charge in [0.15, 0.2) is 0 Å². The van der Waals surface area contributed by atoms with Crippen LogP contribution in [0.3, 0.4) is 0 Å². The number of hydrogen-bond acceptors (Lipinski definition) is 3. The second kappa shape index (κ2) is 8.94. The summed E-state index contributed by atoms with van der Waals surface area (Å²) in [5, 5.41) is 21.5. The van der Waals surface area contributed by atoms with Gasteiger partial charge in [-0.25, -0.2) is 0 Å². The Balaban J connectivity index is -0.0000000450. The van der Waals surface area contributed by atoms with Crippen LogP contribution >= 0.6 is 0 Å². The molecule has 6 heavy (non-hydrogen) atoms. The van der Waals surface area contributed by atoms with Crippen LogP contribution < -0.4 is 0 Å². The molecule has 0 aromatic rings. The molecular formula is CH3BO3Si+8. The van der Waals surface area contributed by atoms with Gasteiger partial charge < -0.3 is 15.1 Å². The third kappa shape index (κ3) is 1590. The molecule has 24 valence electrons. The molecule has 0 heterocycles. The zero-order valence-electron chi connectivity index (χ0n) is 2.92. The SMILES string of the molecule is OB(O)O.[C+4].[Si+4]. The fourth-order valence-electron chi connectivity index (χ4n) is 0. The van der Waals surface area contributed by atoms with E-state index in [1.165, 1.54) is 0 Å². The van der Waals surface area contributed by atoms with Crippen LogP contribution in [0.1, 0.15) is 0 Å². The predicted octanol–water partition coefficient (Wildman–Crippen LogP) is -2.35. The predicted molar refractivity (Wildman–Crippen MR) is 21.4 cm³/mol. The number of rotatable bonds is 0. The Bertz CT molecular complexity index is 15.5. The topological polar surface area (TPSA) is 60.7 Å². The first kappa shape index (κ1) is 16.4. The molecule has 0 saturated heterocycles. The average molecular weight is 102 g/mol. The van der Waals surface area contributed by atoms with E-state index >= 15 is 0 Å². The van der Waals surface area contributed by atoms with Gasteiger partial charge >= 0.3 is 25.7 Å². The Morgan fingerprint density at radius 1 is 1.00 bits per heavy atom. The van der Waals surface area contributed by atoms with Crippen molar-refractivity contribution in [3.63, 3.8) is 0 Å². The minimum atomic E-state index is -2.17. The Labute approximate surface area is 41.8 Å². The molecule has 0 fully saturated rings. The van der Waals surface area contributed by atoms with Gasteiger partial charge in [0.2, 0.25) is 0 Å². The maximum atomic E-state index is 7.17. The van der Waals surface area contributed by atoms with E-state index < -0.39 is 7.32 Å². The van der Waals surface area contributed by atoms with Crippen LogP contribution in [0.25, 0.3) is 0 Å². The van der Waals surface area contributed by atoms with Crippen molar-refractivity contribution < 1.29 is 15.1 Å². The first-order valence-electron chi connectivity index (χ1n) is 0.775. The molecule has 0 atom stereocenters. The van der Waals surface area contributed by atoms with Crippen molar-refractivity contribution in [2.75, 3.05) is 0 Å². The average Bonchev–Trinajstić information content (AvgIpc) is 0.811. The van der Waals surface area contributed by atoms with Crippen molar-refractivity contribution in [2.45, 2.75) is 0 Å². The summed E-state index contributed by atoms with van der Waals surface area (Å²) in [7, 11) is -2.17. The largest absolute Gasteiger partial charge is 4.00 e. The summed E-state index contributed by atoms with van der Waals surface area (Å²) < 4.78 is 0. The van der Waals surface area contributed by atoms with Gasteiger partial charge in [0.05, 0.1) is 0 Å². The Kier molecular flexibility index (Phi) is 24.5. The van der Waals surface area contributed by atoms with Crippen molar-refractivity contribution in [2.24, 2.45) is 0 Å². The molecule has 0 aromatic heterocycles. The molecule has 0 unspecified atom stereocenters. The van der Waals surface area contributed by atoms with Crippen LogP contribution in [0.4, 0.5) is 0 Å². The third-order valence-corrected chi connectivity index (χ3v) is 0. The van der Waals surface area contributed by atoms with E-state index in [1.807, 2.05) is 0 Å². The second-order valence-corrected chi connectivity index (χ2v) is 0.346. The molecular weight excluding hydrogens is 98.9 g/mol. The van der Waals surface area contributed by atoms with Crippen LogP contribution in [0.2, 0.25) is 0 Å². The van der Waals surface area contributed by atoms with E-state index in [-0.39, 0.29) is 18.4 Å². The van der Waals surface area contributed by atoms with Gasteiger partial charge in [-0.15, -0.1) is 0 Å². The summed E-state index contributed by atoms with van der Waals surface area (Å²) in [6.45, 7) is 0. The summed E-state index contributed by atoms with van der Waals surface area (Å²) in [5.41, 5.74) is 0. The van der Waals surface area contributed by atoms with Gasteiger partial charge in [-0.2, -0.15) is 0 Å². The summed E-state index contributed by atoms with van der Waals surface area (Å²) in [4.78, 5) is 0. The normalized spacial score (nSPS) is 4.50. The first-order chi connectivity index (χ1) is 1.73. The van der Waals surface area contributed by atoms with Crippen molar-refractivity contribution in [3.05, 3.63) is 7.43 Å². The Hall–Kier alpha value is 0.162. The molecule has 0 saturated carbocycles. The fourth-order valence-corrected chi connectivity index (χ4v) is 0. The van der Waals surface area contributed by atoms with Crippen molar-refractivity contribution in [1.29, 1.82) is 0 Å². The molecule has 0 aliphatic heterocycles. The van der Waals surface area contributed by atoms with Crippen LogP contribution in [0, 0.1) is 7.43 Å². The summed E-state index contributed by atoms with van der Waals surface area (Å²) >= 11 is 0. The van der Waals surface area contributed by atoms with E-state index in [0.717, 1.165) is 0 Å². The molecule has 3 nitrogen and oxygen atoms in total. The van der Waals surface area contributed by atoms with Crippen LogP contribution in [0.5, 0.6) is 0 Å². The Morgan fingerprint density at radius 3 is 1.00 bits per heavy atom. The first-order valence-corrected chi connectivity index (χ1v) is 0.775. The van der Waals surface area contributed by atoms with E-state index in [9.17, 15) is 0 Å². The van der Waals surface area contributed by atoms with Gasteiger partial charge in [-0.3, -0.25) is 0 Å². The van der Waals surface area contributed by atoms with Gasteiger partial charge in [0.25, 0.3) is 0 Å². The summed E-state index contributed by atoms with van der Waals surface area (Å²) in [6.07, 6.45) is 0. The fraction of sp³-hybridized carbons (Fsp3) is 0. The van der Waals surface area contributed by atoms with E-state index in [2.05, 4.69) is 0 Å². The number of hydrogen-bond donors (Lipinski definition) is 3. The van der Waals surface area contributed by atoms with E-state index in [1.54, 1.807) is 0 Å². The molecule has 0 aliphatic rings. The van der Waals surface area contributed by atoms with Gasteiger partial charge in [-0.05, 0) is 0 Å². The van der Waals surface area contributed by atoms with Gasteiger partial charge in [0, 0.05) is 0 Å². The van der Waals surface area contributed by atoms with Crippen molar-refractivity contribution in [3.8, 4) is 0 Å². The molecule has 0 aliphatic carbocycles. The second-order valence-electron chi connectivity index (χ2n) is 0.346. The monoisotopic (exact) mass is 102 g/mol. The molecule has 3 N–H and O–H groups in total. The maximum Gasteiger partial charge on any atom is 4.00 e. The van der Waals surface area contributed by atoms with Crippen molar-refractivity contribution >= 4 is 18.3 Å². The smallest absolute Gasteiger partial charge is 0.402 e. The molecule has 0 rings (SSSR count). The zero-order valence-corrected chi connectivity index (χ0v) is 3.92. The van der Waals surface area contributed by atoms with Crippen LogP contribution in [0.15, 0.2) is 0 Å². The van der Waals surface area contributed by atoms with Gasteiger partial charge in [-0.1, -0.05) is 0 Å². The minimum Gasteiger partial charge on any atom is -0.402 e. The standard InChI is InChI=1S/C.BH3O3.Si/c;2-1(3)4;/h;2-4H;/q+4;;+4. The molecule has 0 radical (unpaired) electrons. The molecule has 0 amide bonds. The molecule has 0 bridgehead atoms. The van der Waals surface area contributed by atoms with Crippen LogP contribution in [-0.4, -0.2) is 33.4 Å². The Morgan fingerprint density at radius 2 is 1.00 bits per heavy atom. The quantitative estimate of drug-likeness (QED) is 0.300. The molecule has 5 heteroatoms. The maximum absolute atomic E-state index is 7.17. The summed E-state index contributed by atoms with van der Waals surface area (Å²) in [6, 6.07) is 0. The van der Waals surface area contributed by atoms with Crippen LogP contribution in [-0.2, 0) is 0 Å². The zero-order chi connectivity index (χ0) is 3.58.